The number of likely N-dealkylation sites (N-methyl/N-ethyl adjacent to an activating group) is 1. The summed E-state index contributed by atoms with van der Waals surface area (Å²) in [6.45, 7) is 15.4. The summed E-state index contributed by atoms with van der Waals surface area (Å²) in [5, 5.41) is 0. The van der Waals surface area contributed by atoms with E-state index in [1.54, 1.807) is 6.08 Å². The number of allylic oxidation sites excluding steroid dienone is 3. The van der Waals surface area contributed by atoms with Crippen LogP contribution in [0.5, 0.6) is 0 Å². The number of hydrogen-bond acceptors (Lipinski definition) is 1. The van der Waals surface area contributed by atoms with Crippen LogP contribution in [0.15, 0.2) is 67.4 Å². The van der Waals surface area contributed by atoms with E-state index in [1.807, 2.05) is 65.1 Å². The van der Waals surface area contributed by atoms with Crippen LogP contribution in [0.3, 0.4) is 0 Å². The number of hydrogen-bond donors (Lipinski definition) is 0. The van der Waals surface area contributed by atoms with Gasteiger partial charge in [0.1, 0.15) is 0 Å². The van der Waals surface area contributed by atoms with Gasteiger partial charge in [0.15, 0.2) is 0 Å². The quantitative estimate of drug-likeness (QED) is 0.639. The molecule has 0 unspecified atom stereocenters. The molecule has 100 valence electrons. The van der Waals surface area contributed by atoms with Crippen molar-refractivity contribution in [1.82, 2.24) is 0 Å². The summed E-state index contributed by atoms with van der Waals surface area (Å²) < 4.78 is 0. The van der Waals surface area contributed by atoms with Crippen molar-refractivity contribution in [3.63, 3.8) is 0 Å². The number of para-hydroxylation sites is 1. The fourth-order valence-corrected chi connectivity index (χ4v) is 1.24. The van der Waals surface area contributed by atoms with Crippen molar-refractivity contribution in [2.45, 2.75) is 27.7 Å². The number of rotatable bonds is 4. The molecule has 0 radical (unpaired) electrons. The Labute approximate surface area is 113 Å². The second-order valence-corrected chi connectivity index (χ2v) is 2.93. The van der Waals surface area contributed by atoms with Gasteiger partial charge in [0, 0.05) is 18.4 Å². The first-order valence-electron chi connectivity index (χ1n) is 6.53. The van der Waals surface area contributed by atoms with Crippen LogP contribution in [0.2, 0.25) is 0 Å². The minimum atomic E-state index is 1.03. The highest BCUT2D eigenvalue weighted by molar-refractivity contribution is 5.53. The van der Waals surface area contributed by atoms with E-state index in [0.29, 0.717) is 0 Å². The van der Waals surface area contributed by atoms with Crippen LogP contribution < -0.4 is 4.90 Å². The van der Waals surface area contributed by atoms with Crippen LogP contribution in [-0.2, 0) is 0 Å². The van der Waals surface area contributed by atoms with E-state index in [1.165, 1.54) is 0 Å². The molecule has 0 aromatic heterocycles. The van der Waals surface area contributed by atoms with Crippen LogP contribution >= 0.6 is 0 Å². The smallest absolute Gasteiger partial charge is 0.0408 e. The van der Waals surface area contributed by atoms with E-state index in [-0.39, 0.29) is 0 Å². The standard InChI is InChI=1S/C13H15N.2C2H6/c1-4-9-12(5-2)14(3)13-10-7-6-8-11-13;2*1-2/h4-11H,1-2H2,3H3;2*1-2H3/b12-9+;;. The van der Waals surface area contributed by atoms with Gasteiger partial charge in [0.05, 0.1) is 0 Å². The predicted molar refractivity (Wildman–Crippen MR) is 86.0 cm³/mol. The van der Waals surface area contributed by atoms with E-state index in [2.05, 4.69) is 30.2 Å². The van der Waals surface area contributed by atoms with Crippen molar-refractivity contribution in [2.75, 3.05) is 11.9 Å². The van der Waals surface area contributed by atoms with Gasteiger partial charge in [-0.15, -0.1) is 0 Å². The van der Waals surface area contributed by atoms with Crippen molar-refractivity contribution in [1.29, 1.82) is 0 Å². The van der Waals surface area contributed by atoms with E-state index in [4.69, 9.17) is 0 Å². The lowest BCUT2D eigenvalue weighted by atomic mass is 10.2. The maximum absolute atomic E-state index is 3.77. The highest BCUT2D eigenvalue weighted by Gasteiger charge is 2.01. The van der Waals surface area contributed by atoms with E-state index in [9.17, 15) is 0 Å². The lowest BCUT2D eigenvalue weighted by Gasteiger charge is -2.19. The zero-order valence-electron chi connectivity index (χ0n) is 12.5. The third kappa shape index (κ3) is 6.74. The molecule has 1 aromatic rings. The second kappa shape index (κ2) is 13.3. The molecule has 0 saturated heterocycles. The van der Waals surface area contributed by atoms with Gasteiger partial charge in [-0.05, 0) is 24.3 Å². The molecular weight excluding hydrogens is 218 g/mol. The summed E-state index contributed by atoms with van der Waals surface area (Å²) in [5.41, 5.74) is 2.17. The Morgan fingerprint density at radius 1 is 1.00 bits per heavy atom. The molecule has 1 nitrogen and oxygen atoms in total. The second-order valence-electron chi connectivity index (χ2n) is 2.93. The van der Waals surface area contributed by atoms with Gasteiger partial charge in [-0.2, -0.15) is 0 Å². The summed E-state index contributed by atoms with van der Waals surface area (Å²) in [5.74, 6) is 0. The Morgan fingerprint density at radius 3 is 1.89 bits per heavy atom. The minimum absolute atomic E-state index is 1.03. The van der Waals surface area contributed by atoms with Gasteiger partial charge in [-0.3, -0.25) is 0 Å². The number of benzene rings is 1. The van der Waals surface area contributed by atoms with Crippen molar-refractivity contribution in [3.8, 4) is 0 Å². The highest BCUT2D eigenvalue weighted by atomic mass is 15.1. The zero-order valence-corrected chi connectivity index (χ0v) is 12.5. The Kier molecular flexibility index (Phi) is 13.7. The van der Waals surface area contributed by atoms with Crippen LogP contribution in [0.25, 0.3) is 0 Å². The summed E-state index contributed by atoms with van der Waals surface area (Å²) >= 11 is 0. The predicted octanol–water partition coefficient (Wildman–Crippen LogP) is 5.43. The molecule has 0 amide bonds. The molecule has 1 aromatic carbocycles. The molecule has 0 N–H and O–H groups in total. The molecule has 18 heavy (non-hydrogen) atoms. The van der Waals surface area contributed by atoms with E-state index < -0.39 is 0 Å². The normalized spacial score (nSPS) is 9.06. The Balaban J connectivity index is 0. The largest absolute Gasteiger partial charge is 0.345 e. The van der Waals surface area contributed by atoms with Gasteiger partial charge >= 0.3 is 0 Å². The zero-order chi connectivity index (χ0) is 14.4. The Morgan fingerprint density at radius 2 is 1.50 bits per heavy atom. The fraction of sp³-hybridized carbons (Fsp3) is 0.294. The average molecular weight is 245 g/mol. The van der Waals surface area contributed by atoms with E-state index in [0.717, 1.165) is 11.4 Å². The van der Waals surface area contributed by atoms with Gasteiger partial charge in [-0.25, -0.2) is 0 Å². The third-order valence-corrected chi connectivity index (χ3v) is 2.03. The van der Waals surface area contributed by atoms with Crippen LogP contribution in [0.1, 0.15) is 27.7 Å². The third-order valence-electron chi connectivity index (χ3n) is 2.03. The molecule has 0 saturated carbocycles. The average Bonchev–Trinajstić information content (AvgIpc) is 2.49. The monoisotopic (exact) mass is 245 g/mol. The molecule has 1 rings (SSSR count). The van der Waals surface area contributed by atoms with Gasteiger partial charge in [0.2, 0.25) is 0 Å². The topological polar surface area (TPSA) is 3.24 Å². The van der Waals surface area contributed by atoms with Gasteiger partial charge in [-0.1, -0.05) is 65.1 Å². The molecule has 0 fully saturated rings. The summed E-state index contributed by atoms with van der Waals surface area (Å²) in [7, 11) is 2.01. The number of nitrogens with zero attached hydrogens (tertiary/aromatic N) is 1. The maximum atomic E-state index is 3.77. The first-order chi connectivity index (χ1) is 8.79. The van der Waals surface area contributed by atoms with Crippen molar-refractivity contribution in [3.05, 3.63) is 67.4 Å². The molecular formula is C17H27N. The Hall–Kier alpha value is -1.76. The Bertz CT molecular complexity index is 336. The van der Waals surface area contributed by atoms with Crippen molar-refractivity contribution in [2.24, 2.45) is 0 Å². The SMILES string of the molecule is C=C/C=C(\C=C)N(C)c1ccccc1.CC.CC. The summed E-state index contributed by atoms with van der Waals surface area (Å²) in [4.78, 5) is 2.06. The maximum Gasteiger partial charge on any atom is 0.0408 e. The van der Waals surface area contributed by atoms with Crippen LogP contribution in [0, 0.1) is 0 Å². The van der Waals surface area contributed by atoms with Gasteiger partial charge in [0.25, 0.3) is 0 Å². The molecule has 0 bridgehead atoms. The molecule has 0 atom stereocenters. The minimum Gasteiger partial charge on any atom is -0.345 e. The first-order valence-corrected chi connectivity index (χ1v) is 6.53. The van der Waals surface area contributed by atoms with E-state index >= 15 is 0 Å². The molecule has 1 heteroatoms. The molecule has 0 aliphatic heterocycles. The number of anilines is 1. The lowest BCUT2D eigenvalue weighted by molar-refractivity contribution is 1.14. The first kappa shape index (κ1) is 18.6. The van der Waals surface area contributed by atoms with Gasteiger partial charge < -0.3 is 4.90 Å². The molecule has 0 aliphatic rings. The summed E-state index contributed by atoms with van der Waals surface area (Å²) in [6.07, 6.45) is 5.51. The van der Waals surface area contributed by atoms with Crippen LogP contribution in [0.4, 0.5) is 5.69 Å². The summed E-state index contributed by atoms with van der Waals surface area (Å²) in [6, 6.07) is 10.1. The lowest BCUT2D eigenvalue weighted by Crippen LogP contribution is -2.14. The molecule has 0 aliphatic carbocycles. The fourth-order valence-electron chi connectivity index (χ4n) is 1.24. The van der Waals surface area contributed by atoms with Crippen LogP contribution in [-0.4, -0.2) is 7.05 Å². The highest BCUT2D eigenvalue weighted by Crippen LogP contribution is 2.16. The van der Waals surface area contributed by atoms with Crippen molar-refractivity contribution < 1.29 is 0 Å². The van der Waals surface area contributed by atoms with Crippen molar-refractivity contribution >= 4 is 5.69 Å². The molecule has 0 heterocycles. The molecule has 0 spiro atoms.